The minimum Gasteiger partial charge on any atom is -0.480 e. The molecule has 1 saturated heterocycles. The Balaban J connectivity index is 1.90. The zero-order valence-electron chi connectivity index (χ0n) is 9.29. The number of carboxylic acid groups (broad SMARTS) is 1. The van der Waals surface area contributed by atoms with Crippen LogP contribution in [0.15, 0.2) is 0 Å². The molecule has 2 fully saturated rings. The molecular formula is C10H14N2O5. The molecule has 94 valence electrons. The number of carbonyl (C=O) groups is 3. The first-order valence-corrected chi connectivity index (χ1v) is 5.51. The van der Waals surface area contributed by atoms with Gasteiger partial charge in [0.25, 0.3) is 0 Å². The highest BCUT2D eigenvalue weighted by Crippen LogP contribution is 2.26. The lowest BCUT2D eigenvalue weighted by atomic mass is 10.4. The van der Waals surface area contributed by atoms with E-state index in [0.717, 1.165) is 17.7 Å². The highest BCUT2D eigenvalue weighted by Gasteiger charge is 2.35. The Labute approximate surface area is 97.9 Å². The number of aliphatic carboxylic acids is 1. The zero-order chi connectivity index (χ0) is 12.4. The summed E-state index contributed by atoms with van der Waals surface area (Å²) in [6, 6.07) is 0.161. The van der Waals surface area contributed by atoms with Crippen molar-refractivity contribution in [3.05, 3.63) is 0 Å². The van der Waals surface area contributed by atoms with Gasteiger partial charge in [0.15, 0.2) is 0 Å². The Morgan fingerprint density at radius 1 is 1.41 bits per heavy atom. The summed E-state index contributed by atoms with van der Waals surface area (Å²) in [6.07, 6.45) is 1.18. The van der Waals surface area contributed by atoms with Gasteiger partial charge < -0.3 is 9.84 Å². The normalized spacial score (nSPS) is 19.6. The fourth-order valence-electron chi connectivity index (χ4n) is 1.81. The van der Waals surface area contributed by atoms with Crippen LogP contribution >= 0.6 is 0 Å². The van der Waals surface area contributed by atoms with Gasteiger partial charge in [-0.3, -0.25) is 14.5 Å². The average Bonchev–Trinajstić information content (AvgIpc) is 3.00. The van der Waals surface area contributed by atoms with Crippen LogP contribution in [0, 0.1) is 0 Å². The summed E-state index contributed by atoms with van der Waals surface area (Å²) >= 11 is 0. The van der Waals surface area contributed by atoms with Gasteiger partial charge in [0.1, 0.15) is 6.61 Å². The van der Waals surface area contributed by atoms with Crippen molar-refractivity contribution in [2.75, 3.05) is 26.2 Å². The van der Waals surface area contributed by atoms with Crippen molar-refractivity contribution in [3.8, 4) is 0 Å². The molecule has 7 nitrogen and oxygen atoms in total. The lowest BCUT2D eigenvalue weighted by Crippen LogP contribution is -2.43. The highest BCUT2D eigenvalue weighted by atomic mass is 16.6. The van der Waals surface area contributed by atoms with Crippen LogP contribution in [0.25, 0.3) is 0 Å². The number of ether oxygens (including phenoxy) is 1. The van der Waals surface area contributed by atoms with E-state index in [4.69, 9.17) is 5.11 Å². The molecule has 2 rings (SSSR count). The van der Waals surface area contributed by atoms with Crippen molar-refractivity contribution < 1.29 is 24.2 Å². The molecule has 1 saturated carbocycles. The first-order valence-electron chi connectivity index (χ1n) is 5.51. The summed E-state index contributed by atoms with van der Waals surface area (Å²) < 4.78 is 4.66. The van der Waals surface area contributed by atoms with E-state index >= 15 is 0 Å². The van der Waals surface area contributed by atoms with E-state index in [1.165, 1.54) is 0 Å². The molecule has 1 heterocycles. The Morgan fingerprint density at radius 2 is 2.12 bits per heavy atom. The van der Waals surface area contributed by atoms with E-state index in [1.807, 2.05) is 0 Å². The number of hydrogen-bond acceptors (Lipinski definition) is 5. The number of carboxylic acids is 1. The molecule has 7 heteroatoms. The second kappa shape index (κ2) is 4.70. The first kappa shape index (κ1) is 11.8. The number of carbonyl (C=O) groups excluding carboxylic acids is 2. The van der Waals surface area contributed by atoms with Gasteiger partial charge in [0.2, 0.25) is 5.91 Å². The maximum atomic E-state index is 11.8. The van der Waals surface area contributed by atoms with Crippen molar-refractivity contribution >= 4 is 18.0 Å². The number of rotatable bonds is 5. The number of imide groups is 1. The van der Waals surface area contributed by atoms with Crippen LogP contribution in [0.4, 0.5) is 4.79 Å². The molecule has 1 N–H and O–H groups in total. The van der Waals surface area contributed by atoms with Crippen LogP contribution in [0.1, 0.15) is 12.8 Å². The van der Waals surface area contributed by atoms with Crippen LogP contribution in [0.3, 0.4) is 0 Å². The van der Waals surface area contributed by atoms with Crippen LogP contribution in [0.2, 0.25) is 0 Å². The Morgan fingerprint density at radius 3 is 2.59 bits per heavy atom. The monoisotopic (exact) mass is 242 g/mol. The molecule has 0 aromatic carbocycles. The average molecular weight is 242 g/mol. The molecule has 2 amide bonds. The van der Waals surface area contributed by atoms with E-state index in [0.29, 0.717) is 0 Å². The molecule has 0 unspecified atom stereocenters. The molecule has 0 aromatic heterocycles. The standard InChI is InChI=1S/C10H14N2O5/c13-8(12-3-4-17-10(12)16)5-11(6-9(14)15)7-1-2-7/h7H,1-6H2,(H,14,15). The number of cyclic esters (lactones) is 1. The molecule has 17 heavy (non-hydrogen) atoms. The molecule has 1 aliphatic heterocycles. The minimum atomic E-state index is -0.964. The van der Waals surface area contributed by atoms with E-state index < -0.39 is 12.1 Å². The van der Waals surface area contributed by atoms with Crippen molar-refractivity contribution in [1.29, 1.82) is 0 Å². The van der Waals surface area contributed by atoms with E-state index in [-0.39, 0.29) is 38.2 Å². The summed E-state index contributed by atoms with van der Waals surface area (Å²) in [5.41, 5.74) is 0. The van der Waals surface area contributed by atoms with Gasteiger partial charge in [0.05, 0.1) is 19.6 Å². The van der Waals surface area contributed by atoms with Crippen molar-refractivity contribution in [2.45, 2.75) is 18.9 Å². The number of amides is 2. The summed E-state index contributed by atoms with van der Waals surface area (Å²) in [6.45, 7) is 0.265. The summed E-state index contributed by atoms with van der Waals surface area (Å²) in [4.78, 5) is 36.2. The van der Waals surface area contributed by atoms with E-state index in [1.54, 1.807) is 4.90 Å². The highest BCUT2D eigenvalue weighted by molar-refractivity contribution is 5.94. The van der Waals surface area contributed by atoms with Crippen LogP contribution < -0.4 is 0 Å². The fraction of sp³-hybridized carbons (Fsp3) is 0.700. The third-order valence-electron chi connectivity index (χ3n) is 2.80. The number of nitrogens with zero attached hydrogens (tertiary/aromatic N) is 2. The van der Waals surface area contributed by atoms with Crippen molar-refractivity contribution in [3.63, 3.8) is 0 Å². The second-order valence-electron chi connectivity index (χ2n) is 4.19. The van der Waals surface area contributed by atoms with Gasteiger partial charge in [-0.05, 0) is 12.8 Å². The lowest BCUT2D eigenvalue weighted by Gasteiger charge is -2.20. The Bertz CT molecular complexity index is 353. The first-order chi connectivity index (χ1) is 8.08. The van der Waals surface area contributed by atoms with Crippen LogP contribution in [-0.4, -0.2) is 65.2 Å². The van der Waals surface area contributed by atoms with Gasteiger partial charge in [-0.25, -0.2) is 9.69 Å². The van der Waals surface area contributed by atoms with Gasteiger partial charge in [-0.15, -0.1) is 0 Å². The zero-order valence-corrected chi connectivity index (χ0v) is 9.29. The van der Waals surface area contributed by atoms with Gasteiger partial charge >= 0.3 is 12.1 Å². The molecule has 0 atom stereocenters. The van der Waals surface area contributed by atoms with Crippen molar-refractivity contribution in [1.82, 2.24) is 9.80 Å². The molecule has 0 bridgehead atoms. The van der Waals surface area contributed by atoms with E-state index in [9.17, 15) is 14.4 Å². The second-order valence-corrected chi connectivity index (χ2v) is 4.19. The van der Waals surface area contributed by atoms with Gasteiger partial charge in [-0.2, -0.15) is 0 Å². The van der Waals surface area contributed by atoms with Crippen LogP contribution in [0.5, 0.6) is 0 Å². The molecule has 2 aliphatic rings. The Hall–Kier alpha value is -1.63. The minimum absolute atomic E-state index is 0.0356. The smallest absolute Gasteiger partial charge is 0.416 e. The molecule has 0 radical (unpaired) electrons. The Kier molecular flexibility index (Phi) is 3.28. The quantitative estimate of drug-likeness (QED) is 0.700. The third-order valence-corrected chi connectivity index (χ3v) is 2.80. The largest absolute Gasteiger partial charge is 0.480 e. The SMILES string of the molecule is O=C(O)CN(CC(=O)N1CCOC1=O)C1CC1. The van der Waals surface area contributed by atoms with Gasteiger partial charge in [-0.1, -0.05) is 0 Å². The molecule has 1 aliphatic carbocycles. The summed E-state index contributed by atoms with van der Waals surface area (Å²) in [5.74, 6) is -1.35. The van der Waals surface area contributed by atoms with Crippen LogP contribution in [-0.2, 0) is 14.3 Å². The predicted molar refractivity (Wildman–Crippen MR) is 55.3 cm³/mol. The summed E-state index contributed by atoms with van der Waals surface area (Å²) in [5, 5.41) is 8.73. The van der Waals surface area contributed by atoms with E-state index in [2.05, 4.69) is 4.74 Å². The van der Waals surface area contributed by atoms with Crippen molar-refractivity contribution in [2.24, 2.45) is 0 Å². The predicted octanol–water partition coefficient (Wildman–Crippen LogP) is -0.486. The van der Waals surface area contributed by atoms with Gasteiger partial charge in [0, 0.05) is 6.04 Å². The number of hydrogen-bond donors (Lipinski definition) is 1. The topological polar surface area (TPSA) is 87.2 Å². The fourth-order valence-corrected chi connectivity index (χ4v) is 1.81. The maximum Gasteiger partial charge on any atom is 0.416 e. The maximum absolute atomic E-state index is 11.8. The molecular weight excluding hydrogens is 228 g/mol. The molecule has 0 spiro atoms. The third kappa shape index (κ3) is 2.94. The molecule has 0 aromatic rings. The lowest BCUT2D eigenvalue weighted by molar-refractivity contribution is -0.139. The summed E-state index contributed by atoms with van der Waals surface area (Å²) in [7, 11) is 0.